The van der Waals surface area contributed by atoms with Crippen molar-refractivity contribution in [3.8, 4) is 0 Å². The summed E-state index contributed by atoms with van der Waals surface area (Å²) in [5.41, 5.74) is -0.812. The van der Waals surface area contributed by atoms with Gasteiger partial charge >= 0.3 is 12.8 Å². The van der Waals surface area contributed by atoms with E-state index in [9.17, 15) is 14.5 Å². The SMILES string of the molecule is O=[N+]([O-])c1ccc(B(O)O)cc1F. The van der Waals surface area contributed by atoms with Crippen LogP contribution in [0.3, 0.4) is 0 Å². The molecule has 0 radical (unpaired) electrons. The van der Waals surface area contributed by atoms with E-state index in [1.165, 1.54) is 0 Å². The molecule has 0 aliphatic rings. The molecule has 0 saturated heterocycles. The predicted octanol–water partition coefficient (Wildman–Crippen LogP) is -0.586. The number of nitro benzene ring substituents is 1. The largest absolute Gasteiger partial charge is 0.488 e. The molecule has 1 aromatic rings. The average molecular weight is 185 g/mol. The van der Waals surface area contributed by atoms with E-state index in [1.54, 1.807) is 0 Å². The van der Waals surface area contributed by atoms with Crippen molar-refractivity contribution >= 4 is 18.3 Å². The quantitative estimate of drug-likeness (QED) is 0.366. The maximum absolute atomic E-state index is 12.8. The van der Waals surface area contributed by atoms with Crippen molar-refractivity contribution in [3.05, 3.63) is 34.1 Å². The van der Waals surface area contributed by atoms with Crippen LogP contribution in [-0.4, -0.2) is 22.1 Å². The van der Waals surface area contributed by atoms with Crippen molar-refractivity contribution in [2.45, 2.75) is 0 Å². The van der Waals surface area contributed by atoms with Crippen molar-refractivity contribution < 1.29 is 19.4 Å². The zero-order chi connectivity index (χ0) is 10.0. The minimum Gasteiger partial charge on any atom is -0.423 e. The van der Waals surface area contributed by atoms with E-state index in [0.29, 0.717) is 6.07 Å². The van der Waals surface area contributed by atoms with Crippen LogP contribution in [0.5, 0.6) is 0 Å². The van der Waals surface area contributed by atoms with Gasteiger partial charge in [0.25, 0.3) is 0 Å². The molecule has 7 heteroatoms. The summed E-state index contributed by atoms with van der Waals surface area (Å²) in [4.78, 5) is 9.26. The Labute approximate surface area is 72.7 Å². The lowest BCUT2D eigenvalue weighted by Crippen LogP contribution is -2.30. The molecule has 0 saturated carbocycles. The Balaban J connectivity index is 3.13. The highest BCUT2D eigenvalue weighted by molar-refractivity contribution is 6.58. The van der Waals surface area contributed by atoms with Crippen molar-refractivity contribution in [1.29, 1.82) is 0 Å². The Morgan fingerprint density at radius 2 is 2.08 bits per heavy atom. The van der Waals surface area contributed by atoms with Crippen LogP contribution in [-0.2, 0) is 0 Å². The second-order valence-corrected chi connectivity index (χ2v) is 2.34. The van der Waals surface area contributed by atoms with Gasteiger partial charge < -0.3 is 10.0 Å². The van der Waals surface area contributed by atoms with Crippen LogP contribution in [0.4, 0.5) is 10.1 Å². The molecule has 0 bridgehead atoms. The number of nitro groups is 1. The van der Waals surface area contributed by atoms with E-state index in [2.05, 4.69) is 0 Å². The molecule has 1 rings (SSSR count). The fraction of sp³-hybridized carbons (Fsp3) is 0. The first kappa shape index (κ1) is 9.62. The van der Waals surface area contributed by atoms with Crippen LogP contribution < -0.4 is 5.46 Å². The third-order valence-corrected chi connectivity index (χ3v) is 1.47. The Morgan fingerprint density at radius 1 is 1.46 bits per heavy atom. The summed E-state index contributed by atoms with van der Waals surface area (Å²) in [5.74, 6) is -1.09. The number of hydrogen-bond acceptors (Lipinski definition) is 4. The van der Waals surface area contributed by atoms with Gasteiger partial charge in [-0.05, 0) is 11.5 Å². The van der Waals surface area contributed by atoms with Crippen molar-refractivity contribution in [2.75, 3.05) is 0 Å². The summed E-state index contributed by atoms with van der Waals surface area (Å²) in [6.45, 7) is 0. The van der Waals surface area contributed by atoms with E-state index in [-0.39, 0.29) is 5.46 Å². The lowest BCUT2D eigenvalue weighted by Gasteiger charge is -1.98. The van der Waals surface area contributed by atoms with Gasteiger partial charge in [-0.1, -0.05) is 6.07 Å². The van der Waals surface area contributed by atoms with Gasteiger partial charge in [0, 0.05) is 6.07 Å². The molecule has 0 aliphatic heterocycles. The van der Waals surface area contributed by atoms with Crippen LogP contribution in [0.1, 0.15) is 0 Å². The Bertz CT molecular complexity index is 343. The van der Waals surface area contributed by atoms with E-state index in [0.717, 1.165) is 12.1 Å². The Morgan fingerprint density at radius 3 is 2.46 bits per heavy atom. The maximum Gasteiger partial charge on any atom is 0.488 e. The van der Waals surface area contributed by atoms with Gasteiger partial charge in [0.15, 0.2) is 5.82 Å². The minimum absolute atomic E-state index is 0.122. The number of hydrogen-bond donors (Lipinski definition) is 2. The summed E-state index contributed by atoms with van der Waals surface area (Å²) in [5, 5.41) is 27.3. The standard InChI is InChI=1S/C6H5BFNO4/c8-5-3-4(7(10)11)1-2-6(5)9(12)13/h1-3,10-11H. The van der Waals surface area contributed by atoms with Crippen molar-refractivity contribution in [3.63, 3.8) is 0 Å². The van der Waals surface area contributed by atoms with Crippen LogP contribution >= 0.6 is 0 Å². The molecule has 1 aromatic carbocycles. The molecule has 0 atom stereocenters. The normalized spacial score (nSPS) is 9.77. The highest BCUT2D eigenvalue weighted by atomic mass is 19.1. The van der Waals surface area contributed by atoms with Gasteiger partial charge in [0.05, 0.1) is 4.92 Å². The van der Waals surface area contributed by atoms with Gasteiger partial charge in [-0.3, -0.25) is 10.1 Å². The van der Waals surface area contributed by atoms with Gasteiger partial charge in [0.2, 0.25) is 0 Å². The molecule has 13 heavy (non-hydrogen) atoms. The molecular weight excluding hydrogens is 180 g/mol. The van der Waals surface area contributed by atoms with Crippen LogP contribution in [0.15, 0.2) is 18.2 Å². The molecule has 0 unspecified atom stereocenters. The van der Waals surface area contributed by atoms with Crippen LogP contribution in [0, 0.1) is 15.9 Å². The van der Waals surface area contributed by atoms with Gasteiger partial charge in [0.1, 0.15) is 0 Å². The minimum atomic E-state index is -1.82. The van der Waals surface area contributed by atoms with Crippen LogP contribution in [0.2, 0.25) is 0 Å². The molecule has 0 heterocycles. The fourth-order valence-corrected chi connectivity index (χ4v) is 0.832. The maximum atomic E-state index is 12.8. The number of halogens is 1. The predicted molar refractivity (Wildman–Crippen MR) is 42.9 cm³/mol. The van der Waals surface area contributed by atoms with E-state index < -0.39 is 23.5 Å². The van der Waals surface area contributed by atoms with E-state index >= 15 is 0 Å². The van der Waals surface area contributed by atoms with Gasteiger partial charge in [-0.25, -0.2) is 0 Å². The monoisotopic (exact) mass is 185 g/mol. The number of rotatable bonds is 2. The Hall–Kier alpha value is -1.47. The summed E-state index contributed by atoms with van der Waals surface area (Å²) in [6, 6.07) is 2.67. The lowest BCUT2D eigenvalue weighted by atomic mass is 9.80. The third kappa shape index (κ3) is 2.01. The summed E-state index contributed by atoms with van der Waals surface area (Å²) in [6.07, 6.45) is 0. The lowest BCUT2D eigenvalue weighted by molar-refractivity contribution is -0.387. The smallest absolute Gasteiger partial charge is 0.423 e. The number of nitrogens with zero attached hydrogens (tertiary/aromatic N) is 1. The molecule has 0 fully saturated rings. The zero-order valence-electron chi connectivity index (χ0n) is 6.35. The van der Waals surface area contributed by atoms with E-state index in [1.807, 2.05) is 0 Å². The molecule has 0 spiro atoms. The first-order chi connectivity index (χ1) is 6.02. The molecule has 5 nitrogen and oxygen atoms in total. The fourth-order valence-electron chi connectivity index (χ4n) is 0.832. The summed E-state index contributed by atoms with van der Waals surface area (Å²) >= 11 is 0. The number of benzene rings is 1. The summed E-state index contributed by atoms with van der Waals surface area (Å²) in [7, 11) is -1.82. The zero-order valence-corrected chi connectivity index (χ0v) is 6.35. The molecular formula is C6H5BFNO4. The van der Waals surface area contributed by atoms with Crippen LogP contribution in [0.25, 0.3) is 0 Å². The van der Waals surface area contributed by atoms with Crippen molar-refractivity contribution in [1.82, 2.24) is 0 Å². The highest BCUT2D eigenvalue weighted by Crippen LogP contribution is 2.13. The van der Waals surface area contributed by atoms with Gasteiger partial charge in [-0.15, -0.1) is 0 Å². The average Bonchev–Trinajstić information content (AvgIpc) is 2.03. The molecule has 0 amide bonds. The Kier molecular flexibility index (Phi) is 2.59. The second-order valence-electron chi connectivity index (χ2n) is 2.34. The molecule has 68 valence electrons. The topological polar surface area (TPSA) is 83.6 Å². The first-order valence-electron chi connectivity index (χ1n) is 3.32. The first-order valence-corrected chi connectivity index (χ1v) is 3.32. The van der Waals surface area contributed by atoms with E-state index in [4.69, 9.17) is 10.0 Å². The molecule has 0 aromatic heterocycles. The summed E-state index contributed by atoms with van der Waals surface area (Å²) < 4.78 is 12.8. The molecule has 2 N–H and O–H groups in total. The second kappa shape index (κ2) is 3.50. The third-order valence-electron chi connectivity index (χ3n) is 1.47. The highest BCUT2D eigenvalue weighted by Gasteiger charge is 2.18. The van der Waals surface area contributed by atoms with Gasteiger partial charge in [-0.2, -0.15) is 4.39 Å². The molecule has 0 aliphatic carbocycles. The van der Waals surface area contributed by atoms with Crippen molar-refractivity contribution in [2.24, 2.45) is 0 Å².